The second kappa shape index (κ2) is 4.70. The number of nitrogen functional groups attached to an aromatic ring is 1. The van der Waals surface area contributed by atoms with E-state index in [4.69, 9.17) is 17.3 Å². The summed E-state index contributed by atoms with van der Waals surface area (Å²) >= 11 is 6.07. The minimum Gasteiger partial charge on any atom is -0.399 e. The summed E-state index contributed by atoms with van der Waals surface area (Å²) < 4.78 is 1.62. The van der Waals surface area contributed by atoms with Crippen molar-refractivity contribution in [1.82, 2.24) is 19.7 Å². The molecule has 0 amide bonds. The fourth-order valence-corrected chi connectivity index (χ4v) is 1.90. The van der Waals surface area contributed by atoms with E-state index in [0.717, 1.165) is 11.3 Å². The maximum Gasteiger partial charge on any atom is 0.181 e. The second-order valence-electron chi connectivity index (χ2n) is 3.96. The van der Waals surface area contributed by atoms with Crippen molar-refractivity contribution in [3.05, 3.63) is 54.1 Å². The third-order valence-electron chi connectivity index (χ3n) is 2.66. The van der Waals surface area contributed by atoms with Crippen LogP contribution in [0.25, 0.3) is 17.1 Å². The maximum atomic E-state index is 6.07. The molecule has 0 aliphatic heterocycles. The number of hydrogen-bond donors (Lipinski definition) is 1. The molecular weight excluding hydrogens is 262 g/mol. The van der Waals surface area contributed by atoms with Crippen LogP contribution in [0.2, 0.25) is 5.02 Å². The molecule has 6 heteroatoms. The Hall–Kier alpha value is -2.40. The van der Waals surface area contributed by atoms with E-state index >= 15 is 0 Å². The lowest BCUT2D eigenvalue weighted by Gasteiger charge is -2.01. The number of nitrogens with zero attached hydrogens (tertiary/aromatic N) is 4. The van der Waals surface area contributed by atoms with Crippen molar-refractivity contribution < 1.29 is 0 Å². The van der Waals surface area contributed by atoms with Crippen LogP contribution in [0.4, 0.5) is 5.69 Å². The fourth-order valence-electron chi connectivity index (χ4n) is 1.70. The van der Waals surface area contributed by atoms with Crippen LogP contribution in [-0.4, -0.2) is 19.7 Å². The summed E-state index contributed by atoms with van der Waals surface area (Å²) in [6.45, 7) is 0. The Labute approximate surface area is 114 Å². The minimum absolute atomic E-state index is 0.524. The SMILES string of the molecule is Nc1ccc(-c2ncn(-c3ccncc3Cl)n2)cc1. The first-order valence-electron chi connectivity index (χ1n) is 5.61. The first kappa shape index (κ1) is 11.7. The summed E-state index contributed by atoms with van der Waals surface area (Å²) in [5, 5.41) is 4.92. The van der Waals surface area contributed by atoms with Gasteiger partial charge in [-0.3, -0.25) is 4.98 Å². The zero-order valence-corrected chi connectivity index (χ0v) is 10.6. The summed E-state index contributed by atoms with van der Waals surface area (Å²) in [7, 11) is 0. The zero-order valence-electron chi connectivity index (χ0n) is 9.86. The predicted molar refractivity (Wildman–Crippen MR) is 74.0 cm³/mol. The molecular formula is C13H10ClN5. The van der Waals surface area contributed by atoms with Gasteiger partial charge in [-0.2, -0.15) is 0 Å². The molecule has 0 saturated carbocycles. The Bertz CT molecular complexity index is 705. The van der Waals surface area contributed by atoms with Crippen LogP contribution in [-0.2, 0) is 0 Å². The average molecular weight is 272 g/mol. The molecule has 0 aliphatic carbocycles. The van der Waals surface area contributed by atoms with Crippen molar-refractivity contribution in [2.45, 2.75) is 0 Å². The van der Waals surface area contributed by atoms with Crippen LogP contribution in [0.1, 0.15) is 0 Å². The molecule has 2 aromatic heterocycles. The summed E-state index contributed by atoms with van der Waals surface area (Å²) in [4.78, 5) is 8.20. The quantitative estimate of drug-likeness (QED) is 0.727. The second-order valence-corrected chi connectivity index (χ2v) is 4.37. The van der Waals surface area contributed by atoms with Gasteiger partial charge >= 0.3 is 0 Å². The Morgan fingerprint density at radius 2 is 1.89 bits per heavy atom. The van der Waals surface area contributed by atoms with Crippen molar-refractivity contribution in [3.63, 3.8) is 0 Å². The van der Waals surface area contributed by atoms with Crippen molar-refractivity contribution >= 4 is 17.3 Å². The molecule has 0 atom stereocenters. The largest absolute Gasteiger partial charge is 0.399 e. The molecule has 2 heterocycles. The molecule has 1 aromatic carbocycles. The lowest BCUT2D eigenvalue weighted by molar-refractivity contribution is 0.879. The minimum atomic E-state index is 0.524. The summed E-state index contributed by atoms with van der Waals surface area (Å²) in [6.07, 6.45) is 4.85. The molecule has 0 spiro atoms. The number of anilines is 1. The highest BCUT2D eigenvalue weighted by molar-refractivity contribution is 6.32. The van der Waals surface area contributed by atoms with Gasteiger partial charge in [-0.15, -0.1) is 5.10 Å². The van der Waals surface area contributed by atoms with Gasteiger partial charge in [-0.05, 0) is 30.3 Å². The number of aromatic nitrogens is 4. The lowest BCUT2D eigenvalue weighted by Crippen LogP contribution is -1.96. The van der Waals surface area contributed by atoms with Crippen LogP contribution < -0.4 is 5.73 Å². The topological polar surface area (TPSA) is 69.6 Å². The molecule has 5 nitrogen and oxygen atoms in total. The normalized spacial score (nSPS) is 10.6. The van der Waals surface area contributed by atoms with Crippen LogP contribution >= 0.6 is 11.6 Å². The van der Waals surface area contributed by atoms with E-state index in [2.05, 4.69) is 15.1 Å². The smallest absolute Gasteiger partial charge is 0.181 e. The summed E-state index contributed by atoms with van der Waals surface area (Å²) in [5.74, 6) is 0.618. The number of rotatable bonds is 2. The molecule has 0 aliphatic rings. The number of pyridine rings is 1. The molecule has 0 unspecified atom stereocenters. The van der Waals surface area contributed by atoms with E-state index in [-0.39, 0.29) is 0 Å². The van der Waals surface area contributed by atoms with E-state index in [9.17, 15) is 0 Å². The summed E-state index contributed by atoms with van der Waals surface area (Å²) in [6, 6.07) is 9.17. The Balaban J connectivity index is 2.00. The predicted octanol–water partition coefficient (Wildman–Crippen LogP) is 2.56. The molecule has 3 aromatic rings. The first-order chi connectivity index (χ1) is 9.24. The number of nitrogens with two attached hydrogens (primary N) is 1. The van der Waals surface area contributed by atoms with Gasteiger partial charge in [-0.25, -0.2) is 9.67 Å². The van der Waals surface area contributed by atoms with E-state index < -0.39 is 0 Å². The fraction of sp³-hybridized carbons (Fsp3) is 0. The monoisotopic (exact) mass is 271 g/mol. The van der Waals surface area contributed by atoms with Gasteiger partial charge < -0.3 is 5.73 Å². The van der Waals surface area contributed by atoms with Crippen molar-refractivity contribution in [2.75, 3.05) is 5.73 Å². The molecule has 0 radical (unpaired) electrons. The lowest BCUT2D eigenvalue weighted by atomic mass is 10.2. The third kappa shape index (κ3) is 2.28. The Morgan fingerprint density at radius 3 is 2.63 bits per heavy atom. The van der Waals surface area contributed by atoms with Gasteiger partial charge in [0.2, 0.25) is 0 Å². The van der Waals surface area contributed by atoms with Crippen molar-refractivity contribution in [2.24, 2.45) is 0 Å². The van der Waals surface area contributed by atoms with Gasteiger partial charge in [0.1, 0.15) is 6.33 Å². The number of hydrogen-bond acceptors (Lipinski definition) is 4. The standard InChI is InChI=1S/C13H10ClN5/c14-11-7-16-6-5-12(11)19-8-17-13(18-19)9-1-3-10(15)4-2-9/h1-8H,15H2. The number of benzene rings is 1. The molecule has 19 heavy (non-hydrogen) atoms. The van der Waals surface area contributed by atoms with Crippen LogP contribution in [0.3, 0.4) is 0 Å². The van der Waals surface area contributed by atoms with Gasteiger partial charge in [0.05, 0.1) is 10.7 Å². The van der Waals surface area contributed by atoms with Gasteiger partial charge in [0.15, 0.2) is 5.82 Å². The van der Waals surface area contributed by atoms with Crippen LogP contribution in [0, 0.1) is 0 Å². The van der Waals surface area contributed by atoms with E-state index in [0.29, 0.717) is 16.5 Å². The first-order valence-corrected chi connectivity index (χ1v) is 5.99. The van der Waals surface area contributed by atoms with Gasteiger partial charge in [0.25, 0.3) is 0 Å². The van der Waals surface area contributed by atoms with E-state index in [1.54, 1.807) is 29.5 Å². The Morgan fingerprint density at radius 1 is 1.11 bits per heavy atom. The average Bonchev–Trinajstić information content (AvgIpc) is 2.89. The van der Waals surface area contributed by atoms with Crippen LogP contribution in [0.5, 0.6) is 0 Å². The van der Waals surface area contributed by atoms with E-state index in [1.807, 2.05) is 24.3 Å². The van der Waals surface area contributed by atoms with Gasteiger partial charge in [-0.1, -0.05) is 11.6 Å². The molecule has 0 saturated heterocycles. The Kier molecular flexibility index (Phi) is 2.89. The van der Waals surface area contributed by atoms with Crippen molar-refractivity contribution in [3.8, 4) is 17.1 Å². The molecule has 3 rings (SSSR count). The number of halogens is 1. The molecule has 2 N–H and O–H groups in total. The molecule has 0 fully saturated rings. The van der Waals surface area contributed by atoms with Gasteiger partial charge in [0, 0.05) is 23.6 Å². The molecule has 0 bridgehead atoms. The van der Waals surface area contributed by atoms with Crippen LogP contribution in [0.15, 0.2) is 49.1 Å². The summed E-state index contributed by atoms with van der Waals surface area (Å²) in [5.41, 5.74) is 8.00. The zero-order chi connectivity index (χ0) is 13.2. The highest BCUT2D eigenvalue weighted by Gasteiger charge is 2.07. The van der Waals surface area contributed by atoms with E-state index in [1.165, 1.54) is 0 Å². The highest BCUT2D eigenvalue weighted by Crippen LogP contribution is 2.20. The molecule has 94 valence electrons. The third-order valence-corrected chi connectivity index (χ3v) is 2.95. The highest BCUT2D eigenvalue weighted by atomic mass is 35.5. The van der Waals surface area contributed by atoms with Crippen molar-refractivity contribution in [1.29, 1.82) is 0 Å². The maximum absolute atomic E-state index is 6.07.